The fourth-order valence-electron chi connectivity index (χ4n) is 3.92. The van der Waals surface area contributed by atoms with E-state index in [0.29, 0.717) is 0 Å². The summed E-state index contributed by atoms with van der Waals surface area (Å²) in [7, 11) is 1.29. The molecule has 1 fully saturated rings. The molecule has 1 amide bonds. The Bertz CT molecular complexity index is 877. The SMILES string of the molecule is COC(=O)CNC(=O)C(c1ccccc1)C1CCN(c2ccc([N+](=O)[O-])cc2)CC1. The lowest BCUT2D eigenvalue weighted by Crippen LogP contribution is -2.41. The summed E-state index contributed by atoms with van der Waals surface area (Å²) in [6, 6.07) is 16.1. The lowest BCUT2D eigenvalue weighted by molar-refractivity contribution is -0.384. The van der Waals surface area contributed by atoms with E-state index in [4.69, 9.17) is 0 Å². The van der Waals surface area contributed by atoms with Crippen LogP contribution < -0.4 is 10.2 Å². The van der Waals surface area contributed by atoms with Crippen LogP contribution in [0.1, 0.15) is 24.3 Å². The Morgan fingerprint density at radius 1 is 1.13 bits per heavy atom. The number of nitrogens with zero attached hydrogens (tertiary/aromatic N) is 2. The van der Waals surface area contributed by atoms with Crippen molar-refractivity contribution in [2.75, 3.05) is 31.6 Å². The monoisotopic (exact) mass is 411 g/mol. The highest BCUT2D eigenvalue weighted by atomic mass is 16.6. The van der Waals surface area contributed by atoms with E-state index in [9.17, 15) is 19.7 Å². The average molecular weight is 411 g/mol. The van der Waals surface area contributed by atoms with Crippen molar-refractivity contribution < 1.29 is 19.2 Å². The molecule has 30 heavy (non-hydrogen) atoms. The molecular weight excluding hydrogens is 386 g/mol. The average Bonchev–Trinajstić information content (AvgIpc) is 2.79. The predicted molar refractivity (Wildman–Crippen MR) is 112 cm³/mol. The summed E-state index contributed by atoms with van der Waals surface area (Å²) in [6.45, 7) is 1.34. The zero-order valence-corrected chi connectivity index (χ0v) is 16.8. The van der Waals surface area contributed by atoms with Crippen molar-refractivity contribution in [3.8, 4) is 0 Å². The third-order valence-electron chi connectivity index (χ3n) is 5.51. The topological polar surface area (TPSA) is 102 Å². The Hall–Kier alpha value is -3.42. The second-order valence-corrected chi connectivity index (χ2v) is 7.28. The van der Waals surface area contributed by atoms with Crippen LogP contribution in [0.25, 0.3) is 0 Å². The maximum absolute atomic E-state index is 12.9. The largest absolute Gasteiger partial charge is 0.468 e. The molecule has 8 nitrogen and oxygen atoms in total. The molecule has 0 bridgehead atoms. The number of hydrogen-bond acceptors (Lipinski definition) is 6. The van der Waals surface area contributed by atoms with E-state index in [1.54, 1.807) is 12.1 Å². The van der Waals surface area contributed by atoms with Crippen molar-refractivity contribution in [2.24, 2.45) is 5.92 Å². The van der Waals surface area contributed by atoms with E-state index in [-0.39, 0.29) is 30.0 Å². The van der Waals surface area contributed by atoms with Crippen LogP contribution in [0.3, 0.4) is 0 Å². The highest BCUT2D eigenvalue weighted by Gasteiger charge is 2.33. The number of piperidine rings is 1. The van der Waals surface area contributed by atoms with E-state index >= 15 is 0 Å². The van der Waals surface area contributed by atoms with Gasteiger partial charge in [0.2, 0.25) is 5.91 Å². The van der Waals surface area contributed by atoms with Gasteiger partial charge in [-0.15, -0.1) is 0 Å². The van der Waals surface area contributed by atoms with E-state index < -0.39 is 10.9 Å². The van der Waals surface area contributed by atoms with E-state index in [1.807, 2.05) is 30.3 Å². The lowest BCUT2D eigenvalue weighted by atomic mass is 9.79. The van der Waals surface area contributed by atoms with E-state index in [2.05, 4.69) is 15.0 Å². The summed E-state index contributed by atoms with van der Waals surface area (Å²) < 4.78 is 4.62. The summed E-state index contributed by atoms with van der Waals surface area (Å²) in [5.74, 6) is -0.891. The van der Waals surface area contributed by atoms with Gasteiger partial charge in [0, 0.05) is 30.9 Å². The summed E-state index contributed by atoms with van der Waals surface area (Å²) >= 11 is 0. The van der Waals surface area contributed by atoms with Crippen LogP contribution in [0.4, 0.5) is 11.4 Å². The lowest BCUT2D eigenvalue weighted by Gasteiger charge is -2.37. The van der Waals surface area contributed by atoms with Gasteiger partial charge in [-0.3, -0.25) is 19.7 Å². The first kappa shape index (κ1) is 21.3. The van der Waals surface area contributed by atoms with Crippen molar-refractivity contribution in [1.82, 2.24) is 5.32 Å². The zero-order valence-electron chi connectivity index (χ0n) is 16.8. The third kappa shape index (κ3) is 5.14. The molecule has 0 aliphatic carbocycles. The number of anilines is 1. The predicted octanol–water partition coefficient (Wildman–Crippen LogP) is 2.88. The first-order chi connectivity index (χ1) is 14.5. The molecular formula is C22H25N3O5. The molecule has 1 saturated heterocycles. The number of rotatable bonds is 7. The molecule has 0 spiro atoms. The van der Waals surface area contributed by atoms with Gasteiger partial charge in [0.25, 0.3) is 5.69 Å². The van der Waals surface area contributed by atoms with Gasteiger partial charge in [-0.05, 0) is 36.5 Å². The molecule has 1 atom stereocenters. The zero-order chi connectivity index (χ0) is 21.5. The number of carbonyl (C=O) groups is 2. The first-order valence-electron chi connectivity index (χ1n) is 9.88. The number of benzene rings is 2. The standard InChI is InChI=1S/C22H25N3O5/c1-30-20(26)15-23-22(27)21(16-5-3-2-4-6-16)17-11-13-24(14-12-17)18-7-9-19(10-8-18)25(28)29/h2-10,17,21H,11-15H2,1H3,(H,23,27). The molecule has 158 valence electrons. The van der Waals surface area contributed by atoms with Crippen LogP contribution in [-0.2, 0) is 14.3 Å². The fourth-order valence-corrected chi connectivity index (χ4v) is 3.92. The molecule has 1 unspecified atom stereocenters. The molecule has 3 rings (SSSR count). The van der Waals surface area contributed by atoms with Gasteiger partial charge >= 0.3 is 5.97 Å². The van der Waals surface area contributed by atoms with Gasteiger partial charge < -0.3 is 15.0 Å². The Kier molecular flexibility index (Phi) is 7.00. The van der Waals surface area contributed by atoms with Crippen molar-refractivity contribution >= 4 is 23.3 Å². The number of nitro benzene ring substituents is 1. The van der Waals surface area contributed by atoms with Crippen LogP contribution in [-0.4, -0.2) is 43.5 Å². The van der Waals surface area contributed by atoms with Crippen LogP contribution >= 0.6 is 0 Å². The second kappa shape index (κ2) is 9.87. The smallest absolute Gasteiger partial charge is 0.325 e. The van der Waals surface area contributed by atoms with Crippen molar-refractivity contribution in [3.05, 3.63) is 70.3 Å². The minimum Gasteiger partial charge on any atom is -0.468 e. The van der Waals surface area contributed by atoms with Gasteiger partial charge in [-0.25, -0.2) is 0 Å². The molecule has 1 N–H and O–H groups in total. The minimum absolute atomic E-state index is 0.0695. The summed E-state index contributed by atoms with van der Waals surface area (Å²) in [5, 5.41) is 13.5. The normalized spacial score (nSPS) is 15.3. The van der Waals surface area contributed by atoms with E-state index in [0.717, 1.165) is 37.2 Å². The van der Waals surface area contributed by atoms with Gasteiger partial charge in [0.05, 0.1) is 18.0 Å². The summed E-state index contributed by atoms with van der Waals surface area (Å²) in [5.41, 5.74) is 1.93. The van der Waals surface area contributed by atoms with Crippen LogP contribution in [0.15, 0.2) is 54.6 Å². The molecule has 1 aliphatic heterocycles. The number of non-ortho nitro benzene ring substituents is 1. The van der Waals surface area contributed by atoms with Crippen molar-refractivity contribution in [3.63, 3.8) is 0 Å². The summed E-state index contributed by atoms with van der Waals surface area (Å²) in [6.07, 6.45) is 1.59. The molecule has 0 aromatic heterocycles. The van der Waals surface area contributed by atoms with Crippen LogP contribution in [0, 0.1) is 16.0 Å². The van der Waals surface area contributed by atoms with Crippen LogP contribution in [0.2, 0.25) is 0 Å². The number of amides is 1. The molecule has 1 heterocycles. The molecule has 2 aromatic carbocycles. The minimum atomic E-state index is -0.483. The Morgan fingerprint density at radius 2 is 1.77 bits per heavy atom. The number of hydrogen-bond donors (Lipinski definition) is 1. The molecule has 0 saturated carbocycles. The number of nitro groups is 1. The third-order valence-corrected chi connectivity index (χ3v) is 5.51. The first-order valence-corrected chi connectivity index (χ1v) is 9.88. The fraction of sp³-hybridized carbons (Fsp3) is 0.364. The highest BCUT2D eigenvalue weighted by Crippen LogP contribution is 2.34. The Morgan fingerprint density at radius 3 is 2.33 bits per heavy atom. The van der Waals surface area contributed by atoms with Crippen LogP contribution in [0.5, 0.6) is 0 Å². The number of methoxy groups -OCH3 is 1. The van der Waals surface area contributed by atoms with Crippen molar-refractivity contribution in [1.29, 1.82) is 0 Å². The summed E-state index contributed by atoms with van der Waals surface area (Å²) in [4.78, 5) is 37.0. The Labute approximate surface area is 175 Å². The molecule has 2 aromatic rings. The second-order valence-electron chi connectivity index (χ2n) is 7.28. The van der Waals surface area contributed by atoms with E-state index in [1.165, 1.54) is 19.2 Å². The van der Waals surface area contributed by atoms with Gasteiger partial charge in [0.1, 0.15) is 6.54 Å². The van der Waals surface area contributed by atoms with Gasteiger partial charge in [0.15, 0.2) is 0 Å². The quantitative estimate of drug-likeness (QED) is 0.427. The maximum Gasteiger partial charge on any atom is 0.325 e. The Balaban J connectivity index is 1.69. The van der Waals surface area contributed by atoms with Gasteiger partial charge in [-0.2, -0.15) is 0 Å². The highest BCUT2D eigenvalue weighted by molar-refractivity contribution is 5.87. The maximum atomic E-state index is 12.9. The number of carbonyl (C=O) groups excluding carboxylic acids is 2. The molecule has 0 radical (unpaired) electrons. The number of ether oxygens (including phenoxy) is 1. The molecule has 8 heteroatoms. The number of esters is 1. The van der Waals surface area contributed by atoms with Crippen molar-refractivity contribution in [2.45, 2.75) is 18.8 Å². The number of nitrogens with one attached hydrogen (secondary N) is 1. The van der Waals surface area contributed by atoms with Gasteiger partial charge in [-0.1, -0.05) is 30.3 Å². The molecule has 1 aliphatic rings.